The highest BCUT2D eigenvalue weighted by Crippen LogP contribution is 2.36. The van der Waals surface area contributed by atoms with E-state index < -0.39 is 0 Å². The van der Waals surface area contributed by atoms with E-state index in [2.05, 4.69) is 13.8 Å². The lowest BCUT2D eigenvalue weighted by Gasteiger charge is -2.42. The van der Waals surface area contributed by atoms with Crippen molar-refractivity contribution in [3.63, 3.8) is 0 Å². The Labute approximate surface area is 170 Å². The number of benzene rings is 1. The van der Waals surface area contributed by atoms with Gasteiger partial charge < -0.3 is 19.3 Å². The second-order valence-electron chi connectivity index (χ2n) is 8.08. The van der Waals surface area contributed by atoms with Gasteiger partial charge >= 0.3 is 0 Å². The van der Waals surface area contributed by atoms with Gasteiger partial charge in [0.1, 0.15) is 6.54 Å². The molecule has 2 fully saturated rings. The number of rotatable bonds is 5. The summed E-state index contributed by atoms with van der Waals surface area (Å²) in [6, 6.07) is 6.08. The monoisotopic (exact) mass is 404 g/mol. The fraction of sp³-hybridized carbons (Fsp3) is 0.619. The number of hydrogen-bond acceptors (Lipinski definition) is 5. The lowest BCUT2D eigenvalue weighted by molar-refractivity contribution is -0.137. The van der Waals surface area contributed by atoms with E-state index in [-0.39, 0.29) is 30.5 Å². The van der Waals surface area contributed by atoms with Crippen LogP contribution in [0.15, 0.2) is 18.2 Å². The van der Waals surface area contributed by atoms with Crippen molar-refractivity contribution >= 4 is 22.9 Å². The molecule has 2 heterocycles. The Morgan fingerprint density at radius 2 is 2.07 bits per heavy atom. The van der Waals surface area contributed by atoms with Gasteiger partial charge in [-0.3, -0.25) is 9.59 Å². The van der Waals surface area contributed by atoms with Gasteiger partial charge in [0.15, 0.2) is 11.5 Å². The Hall–Kier alpha value is -1.89. The van der Waals surface area contributed by atoms with Crippen molar-refractivity contribution in [2.24, 2.45) is 11.8 Å². The third-order valence-electron chi connectivity index (χ3n) is 6.35. The van der Waals surface area contributed by atoms with Crippen LogP contribution in [0.4, 0.5) is 4.79 Å². The maximum Gasteiger partial charge on any atom is 0.282 e. The van der Waals surface area contributed by atoms with Crippen molar-refractivity contribution in [1.82, 2.24) is 9.80 Å². The van der Waals surface area contributed by atoms with E-state index in [0.717, 1.165) is 35.7 Å². The van der Waals surface area contributed by atoms with E-state index in [4.69, 9.17) is 9.47 Å². The fourth-order valence-corrected chi connectivity index (χ4v) is 5.27. The van der Waals surface area contributed by atoms with Crippen molar-refractivity contribution in [3.8, 4) is 11.5 Å². The minimum Gasteiger partial charge on any atom is -0.454 e. The van der Waals surface area contributed by atoms with Gasteiger partial charge in [0.25, 0.3) is 5.24 Å². The van der Waals surface area contributed by atoms with Crippen LogP contribution in [-0.2, 0) is 11.3 Å². The third-order valence-corrected chi connectivity index (χ3v) is 7.24. The molecule has 3 atom stereocenters. The van der Waals surface area contributed by atoms with Crippen LogP contribution >= 0.6 is 11.8 Å². The van der Waals surface area contributed by atoms with Crippen LogP contribution in [0.3, 0.4) is 0 Å². The zero-order valence-electron chi connectivity index (χ0n) is 16.6. The SMILES string of the molecule is C[C@@H]1[C@H](C)CCC[C@@H]1N(Cc1ccc2c(c1)OCO2)C(=O)CN1CCSC1=O. The number of thioether (sulfide) groups is 1. The van der Waals surface area contributed by atoms with Gasteiger partial charge in [-0.05, 0) is 36.0 Å². The molecule has 0 aromatic heterocycles. The predicted octanol–water partition coefficient (Wildman–Crippen LogP) is 3.74. The van der Waals surface area contributed by atoms with E-state index in [1.807, 2.05) is 23.1 Å². The molecule has 4 rings (SSSR count). The van der Waals surface area contributed by atoms with E-state index in [1.165, 1.54) is 18.2 Å². The molecule has 1 aliphatic carbocycles. The highest BCUT2D eigenvalue weighted by Gasteiger charge is 2.35. The first-order valence-electron chi connectivity index (χ1n) is 10.1. The predicted molar refractivity (Wildman–Crippen MR) is 109 cm³/mol. The summed E-state index contributed by atoms with van der Waals surface area (Å²) in [5.74, 6) is 3.33. The number of ether oxygens (including phenoxy) is 2. The maximum absolute atomic E-state index is 13.3. The summed E-state index contributed by atoms with van der Waals surface area (Å²) in [7, 11) is 0. The third kappa shape index (κ3) is 3.95. The van der Waals surface area contributed by atoms with Crippen LogP contribution in [0.5, 0.6) is 11.5 Å². The van der Waals surface area contributed by atoms with Crippen LogP contribution in [-0.4, -0.2) is 52.6 Å². The van der Waals surface area contributed by atoms with E-state index in [9.17, 15) is 9.59 Å². The summed E-state index contributed by atoms with van der Waals surface area (Å²) >= 11 is 1.30. The molecule has 0 radical (unpaired) electrons. The smallest absolute Gasteiger partial charge is 0.282 e. The lowest BCUT2D eigenvalue weighted by atomic mass is 9.77. The van der Waals surface area contributed by atoms with Gasteiger partial charge in [0.05, 0.1) is 0 Å². The first-order chi connectivity index (χ1) is 13.5. The Morgan fingerprint density at radius 1 is 1.25 bits per heavy atom. The first kappa shape index (κ1) is 19.4. The van der Waals surface area contributed by atoms with Crippen LogP contribution in [0, 0.1) is 11.8 Å². The zero-order valence-corrected chi connectivity index (χ0v) is 17.4. The molecule has 0 unspecified atom stereocenters. The summed E-state index contributed by atoms with van der Waals surface area (Å²) in [6.07, 6.45) is 3.37. The fourth-order valence-electron chi connectivity index (χ4n) is 4.44. The minimum atomic E-state index is 0.0152. The largest absolute Gasteiger partial charge is 0.454 e. The number of carbonyl (C=O) groups excluding carboxylic acids is 2. The average molecular weight is 405 g/mol. The average Bonchev–Trinajstić information content (AvgIpc) is 3.31. The maximum atomic E-state index is 13.3. The number of hydrogen-bond donors (Lipinski definition) is 0. The second-order valence-corrected chi connectivity index (χ2v) is 9.13. The van der Waals surface area contributed by atoms with Crippen molar-refractivity contribution in [1.29, 1.82) is 0 Å². The summed E-state index contributed by atoms with van der Waals surface area (Å²) < 4.78 is 10.9. The molecule has 6 nitrogen and oxygen atoms in total. The molecule has 0 bridgehead atoms. The molecular weight excluding hydrogens is 376 g/mol. The molecule has 1 saturated heterocycles. The molecule has 3 aliphatic rings. The Kier molecular flexibility index (Phi) is 5.71. The van der Waals surface area contributed by atoms with Crippen molar-refractivity contribution in [2.45, 2.75) is 45.7 Å². The Balaban J connectivity index is 1.55. The number of nitrogens with zero attached hydrogens (tertiary/aromatic N) is 2. The van der Waals surface area contributed by atoms with Gasteiger partial charge in [-0.2, -0.15) is 0 Å². The molecule has 7 heteroatoms. The van der Waals surface area contributed by atoms with E-state index in [0.29, 0.717) is 24.9 Å². The molecule has 1 aromatic rings. The van der Waals surface area contributed by atoms with Gasteiger partial charge in [0, 0.05) is 24.9 Å². The highest BCUT2D eigenvalue weighted by atomic mass is 32.2. The molecule has 0 spiro atoms. The van der Waals surface area contributed by atoms with Crippen LogP contribution in [0.25, 0.3) is 0 Å². The topological polar surface area (TPSA) is 59.1 Å². The normalized spacial score (nSPS) is 26.6. The first-order valence-corrected chi connectivity index (χ1v) is 11.1. The van der Waals surface area contributed by atoms with Crippen molar-refractivity contribution in [3.05, 3.63) is 23.8 Å². The molecule has 1 saturated carbocycles. The summed E-state index contributed by atoms with van der Waals surface area (Å²) in [6.45, 7) is 6.14. The van der Waals surface area contributed by atoms with Crippen molar-refractivity contribution in [2.75, 3.05) is 25.6 Å². The molecule has 152 valence electrons. The Bertz CT molecular complexity index is 756. The molecule has 0 N–H and O–H groups in total. The van der Waals surface area contributed by atoms with Crippen LogP contribution in [0.1, 0.15) is 38.7 Å². The highest BCUT2D eigenvalue weighted by molar-refractivity contribution is 8.13. The standard InChI is InChI=1S/C21H28N2O4S/c1-14-4-3-5-17(15(14)2)23(20(24)12-22-8-9-28-21(22)25)11-16-6-7-18-19(10-16)27-13-26-18/h6-7,10,14-15,17H,3-5,8-9,11-13H2,1-2H3/t14-,15-,17+/m1/s1. The van der Waals surface area contributed by atoms with Gasteiger partial charge in [-0.25, -0.2) is 0 Å². The van der Waals surface area contributed by atoms with Gasteiger partial charge in [-0.1, -0.05) is 44.5 Å². The van der Waals surface area contributed by atoms with Crippen molar-refractivity contribution < 1.29 is 19.1 Å². The van der Waals surface area contributed by atoms with Gasteiger partial charge in [-0.15, -0.1) is 0 Å². The van der Waals surface area contributed by atoms with E-state index >= 15 is 0 Å². The number of amides is 2. The number of fused-ring (bicyclic) bond motifs is 1. The molecule has 2 amide bonds. The lowest BCUT2D eigenvalue weighted by Crippen LogP contribution is -2.50. The summed E-state index contributed by atoms with van der Waals surface area (Å²) in [5.41, 5.74) is 1.03. The van der Waals surface area contributed by atoms with Gasteiger partial charge in [0.2, 0.25) is 12.7 Å². The van der Waals surface area contributed by atoms with E-state index in [1.54, 1.807) is 4.90 Å². The molecular formula is C21H28N2O4S. The van der Waals surface area contributed by atoms with Crippen LogP contribution < -0.4 is 9.47 Å². The zero-order chi connectivity index (χ0) is 19.7. The summed E-state index contributed by atoms with van der Waals surface area (Å²) in [5, 5.41) is 0.0152. The quantitative estimate of drug-likeness (QED) is 0.748. The Morgan fingerprint density at radius 3 is 2.86 bits per heavy atom. The molecule has 2 aliphatic heterocycles. The number of carbonyl (C=O) groups is 2. The van der Waals surface area contributed by atoms with Crippen LogP contribution in [0.2, 0.25) is 0 Å². The minimum absolute atomic E-state index is 0.0152. The summed E-state index contributed by atoms with van der Waals surface area (Å²) in [4.78, 5) is 29.0. The second kappa shape index (κ2) is 8.23. The molecule has 28 heavy (non-hydrogen) atoms. The molecule has 1 aromatic carbocycles.